The summed E-state index contributed by atoms with van der Waals surface area (Å²) in [5, 5.41) is 2.19. The van der Waals surface area contributed by atoms with E-state index in [1.165, 1.54) is 16.9 Å². The maximum atomic E-state index is 3.62. The summed E-state index contributed by atoms with van der Waals surface area (Å²) in [6.07, 6.45) is 1.19. The summed E-state index contributed by atoms with van der Waals surface area (Å²) in [5.41, 5.74) is 1.74. The fourth-order valence-corrected chi connectivity index (χ4v) is 3.74. The minimum absolute atomic E-state index is 0.307. The second kappa shape index (κ2) is 4.14. The molecule has 0 saturated carbocycles. The lowest BCUT2D eigenvalue weighted by Crippen LogP contribution is -2.20. The van der Waals surface area contributed by atoms with Crippen LogP contribution in [0.2, 0.25) is 0 Å². The van der Waals surface area contributed by atoms with Crippen LogP contribution in [-0.4, -0.2) is 4.83 Å². The molecule has 0 aromatic carbocycles. The Morgan fingerprint density at radius 3 is 2.54 bits per heavy atom. The number of thiophene rings is 1. The van der Waals surface area contributed by atoms with E-state index in [-0.39, 0.29) is 0 Å². The highest BCUT2D eigenvalue weighted by atomic mass is 79.9. The van der Waals surface area contributed by atoms with Crippen molar-refractivity contribution < 1.29 is 0 Å². The first-order valence-electron chi connectivity index (χ1n) is 4.62. The Bertz CT molecular complexity index is 273. The van der Waals surface area contributed by atoms with Crippen LogP contribution in [0.5, 0.6) is 0 Å². The van der Waals surface area contributed by atoms with Gasteiger partial charge in [0.1, 0.15) is 0 Å². The zero-order valence-electron chi connectivity index (χ0n) is 8.73. The van der Waals surface area contributed by atoms with Crippen molar-refractivity contribution in [3.8, 4) is 0 Å². The molecule has 1 rings (SSSR count). The minimum Gasteiger partial charge on any atom is -0.148 e. The fourth-order valence-electron chi connectivity index (χ4n) is 1.86. The zero-order valence-corrected chi connectivity index (χ0v) is 11.1. The van der Waals surface area contributed by atoms with Gasteiger partial charge in [-0.25, -0.2) is 0 Å². The van der Waals surface area contributed by atoms with Crippen molar-refractivity contribution >= 4 is 27.3 Å². The molecule has 1 heterocycles. The van der Waals surface area contributed by atoms with Gasteiger partial charge < -0.3 is 0 Å². The molecule has 0 radical (unpaired) electrons. The molecule has 1 aromatic rings. The van der Waals surface area contributed by atoms with E-state index in [1.54, 1.807) is 0 Å². The molecule has 2 heteroatoms. The van der Waals surface area contributed by atoms with Gasteiger partial charge in [0.25, 0.3) is 0 Å². The van der Waals surface area contributed by atoms with E-state index >= 15 is 0 Å². The Kier molecular flexibility index (Phi) is 3.58. The van der Waals surface area contributed by atoms with Gasteiger partial charge in [0.2, 0.25) is 0 Å². The lowest BCUT2D eigenvalue weighted by molar-refractivity contribution is 0.489. The topological polar surface area (TPSA) is 0 Å². The van der Waals surface area contributed by atoms with E-state index in [1.807, 2.05) is 11.3 Å². The number of aryl methyl sites for hydroxylation is 1. The van der Waals surface area contributed by atoms with Crippen LogP contribution >= 0.6 is 27.3 Å². The number of halogens is 1. The van der Waals surface area contributed by atoms with Crippen molar-refractivity contribution in [3.05, 3.63) is 21.9 Å². The predicted octanol–water partition coefficient (Wildman–Crippen LogP) is 4.51. The van der Waals surface area contributed by atoms with E-state index in [2.05, 4.69) is 55.1 Å². The Morgan fingerprint density at radius 2 is 2.15 bits per heavy atom. The Morgan fingerprint density at radius 1 is 1.54 bits per heavy atom. The van der Waals surface area contributed by atoms with Gasteiger partial charge in [-0.15, -0.1) is 11.3 Å². The highest BCUT2D eigenvalue weighted by Crippen LogP contribution is 2.35. The maximum absolute atomic E-state index is 3.62. The van der Waals surface area contributed by atoms with Gasteiger partial charge in [0.15, 0.2) is 0 Å². The van der Waals surface area contributed by atoms with Gasteiger partial charge in [-0.05, 0) is 30.4 Å². The molecule has 0 N–H and O–H groups in total. The summed E-state index contributed by atoms with van der Waals surface area (Å²) in [6, 6.07) is 2.21. The molecule has 0 fully saturated rings. The van der Waals surface area contributed by atoms with E-state index < -0.39 is 0 Å². The van der Waals surface area contributed by atoms with Crippen molar-refractivity contribution in [1.82, 2.24) is 0 Å². The van der Waals surface area contributed by atoms with Crippen LogP contribution in [-0.2, 0) is 5.41 Å². The summed E-state index contributed by atoms with van der Waals surface area (Å²) in [6.45, 7) is 9.06. The summed E-state index contributed by atoms with van der Waals surface area (Å²) in [4.78, 5) is 2.11. The van der Waals surface area contributed by atoms with E-state index in [0.717, 1.165) is 0 Å². The quantitative estimate of drug-likeness (QED) is 0.702. The third-order valence-electron chi connectivity index (χ3n) is 2.27. The number of hydrogen-bond donors (Lipinski definition) is 0. The monoisotopic (exact) mass is 260 g/mol. The minimum atomic E-state index is 0.307. The normalized spacial score (nSPS) is 14.5. The fraction of sp³-hybridized carbons (Fsp3) is 0.636. The Balaban J connectivity index is 2.87. The van der Waals surface area contributed by atoms with Crippen molar-refractivity contribution in [2.24, 2.45) is 0 Å². The van der Waals surface area contributed by atoms with Crippen LogP contribution in [0.3, 0.4) is 0 Å². The Labute approximate surface area is 93.5 Å². The number of rotatable bonds is 3. The molecule has 1 unspecified atom stereocenters. The average molecular weight is 261 g/mol. The van der Waals surface area contributed by atoms with Crippen molar-refractivity contribution in [2.45, 2.75) is 44.4 Å². The maximum Gasteiger partial charge on any atom is 0.0131 e. The van der Waals surface area contributed by atoms with E-state index in [9.17, 15) is 0 Å². The van der Waals surface area contributed by atoms with Crippen molar-refractivity contribution in [3.63, 3.8) is 0 Å². The first-order chi connectivity index (χ1) is 5.93. The number of hydrogen-bond acceptors (Lipinski definition) is 1. The molecule has 13 heavy (non-hydrogen) atoms. The van der Waals surface area contributed by atoms with Crippen LogP contribution in [0.25, 0.3) is 0 Å². The lowest BCUT2D eigenvalue weighted by atomic mass is 9.85. The molecule has 0 bridgehead atoms. The molecular weight excluding hydrogens is 244 g/mol. The summed E-state index contributed by atoms with van der Waals surface area (Å²) < 4.78 is 0. The standard InChI is InChI=1S/C11H17BrS/c1-8-5-6-13-10(8)11(3,4)7-9(2)12/h5-6,9H,7H2,1-4H3. The molecule has 1 aromatic heterocycles. The van der Waals surface area contributed by atoms with Crippen LogP contribution in [0.1, 0.15) is 37.6 Å². The smallest absolute Gasteiger partial charge is 0.0131 e. The molecule has 0 nitrogen and oxygen atoms in total. The van der Waals surface area contributed by atoms with E-state index in [4.69, 9.17) is 0 Å². The zero-order chi connectivity index (χ0) is 10.1. The summed E-state index contributed by atoms with van der Waals surface area (Å²) in [5.74, 6) is 0. The molecule has 74 valence electrons. The van der Waals surface area contributed by atoms with Crippen LogP contribution in [0, 0.1) is 6.92 Å². The molecule has 0 aliphatic carbocycles. The second-order valence-corrected chi connectivity index (χ2v) is 6.78. The first kappa shape index (κ1) is 11.3. The third-order valence-corrected chi connectivity index (χ3v) is 3.97. The molecular formula is C11H17BrS. The van der Waals surface area contributed by atoms with E-state index in [0.29, 0.717) is 10.2 Å². The van der Waals surface area contributed by atoms with Gasteiger partial charge in [-0.1, -0.05) is 36.7 Å². The molecule has 0 saturated heterocycles. The molecule has 0 spiro atoms. The molecule has 0 amide bonds. The van der Waals surface area contributed by atoms with Gasteiger partial charge >= 0.3 is 0 Å². The number of alkyl halides is 1. The SMILES string of the molecule is Cc1ccsc1C(C)(C)CC(C)Br. The summed E-state index contributed by atoms with van der Waals surface area (Å²) >= 11 is 5.50. The largest absolute Gasteiger partial charge is 0.148 e. The van der Waals surface area contributed by atoms with Crippen LogP contribution < -0.4 is 0 Å². The first-order valence-corrected chi connectivity index (χ1v) is 6.41. The molecule has 0 aliphatic heterocycles. The third kappa shape index (κ3) is 2.81. The Hall–Kier alpha value is 0.180. The van der Waals surface area contributed by atoms with Crippen LogP contribution in [0.15, 0.2) is 11.4 Å². The second-order valence-electron chi connectivity index (χ2n) is 4.30. The van der Waals surface area contributed by atoms with Gasteiger partial charge in [-0.3, -0.25) is 0 Å². The average Bonchev–Trinajstić information content (AvgIpc) is 2.32. The van der Waals surface area contributed by atoms with Crippen molar-refractivity contribution in [1.29, 1.82) is 0 Å². The van der Waals surface area contributed by atoms with Gasteiger partial charge in [-0.2, -0.15) is 0 Å². The summed E-state index contributed by atoms with van der Waals surface area (Å²) in [7, 11) is 0. The predicted molar refractivity (Wildman–Crippen MR) is 65.1 cm³/mol. The molecule has 1 atom stereocenters. The van der Waals surface area contributed by atoms with Crippen molar-refractivity contribution in [2.75, 3.05) is 0 Å². The molecule has 0 aliphatic rings. The lowest BCUT2D eigenvalue weighted by Gasteiger charge is -2.25. The van der Waals surface area contributed by atoms with Gasteiger partial charge in [0.05, 0.1) is 0 Å². The van der Waals surface area contributed by atoms with Gasteiger partial charge in [0, 0.05) is 15.1 Å². The highest BCUT2D eigenvalue weighted by Gasteiger charge is 2.25. The van der Waals surface area contributed by atoms with Crippen LogP contribution in [0.4, 0.5) is 0 Å². The highest BCUT2D eigenvalue weighted by molar-refractivity contribution is 9.09.